The highest BCUT2D eigenvalue weighted by molar-refractivity contribution is 9.10. The van der Waals surface area contributed by atoms with Crippen LogP contribution < -0.4 is 4.74 Å². The quantitative estimate of drug-likeness (QED) is 0.833. The van der Waals surface area contributed by atoms with Gasteiger partial charge in [-0.15, -0.1) is 0 Å². The zero-order chi connectivity index (χ0) is 14.3. The number of aliphatic hydroxyl groups excluding tert-OH is 1. The Morgan fingerprint density at radius 1 is 1.20 bits per heavy atom. The predicted octanol–water partition coefficient (Wildman–Crippen LogP) is 4.45. The maximum absolute atomic E-state index is 13.4. The van der Waals surface area contributed by atoms with Gasteiger partial charge >= 0.3 is 0 Å². The van der Waals surface area contributed by atoms with Crippen LogP contribution in [0.25, 0.3) is 0 Å². The van der Waals surface area contributed by atoms with E-state index in [1.54, 1.807) is 6.07 Å². The van der Waals surface area contributed by atoms with E-state index < -0.39 is 6.10 Å². The molecule has 0 saturated heterocycles. The molecule has 0 spiro atoms. The van der Waals surface area contributed by atoms with Crippen LogP contribution >= 0.6 is 15.9 Å². The topological polar surface area (TPSA) is 29.5 Å². The summed E-state index contributed by atoms with van der Waals surface area (Å²) in [4.78, 5) is 0. The Balaban J connectivity index is 1.99. The Labute approximate surface area is 125 Å². The van der Waals surface area contributed by atoms with Gasteiger partial charge in [0, 0.05) is 16.5 Å². The van der Waals surface area contributed by atoms with Gasteiger partial charge in [-0.25, -0.2) is 4.39 Å². The molecule has 104 valence electrons. The third-order valence-electron chi connectivity index (χ3n) is 3.63. The molecule has 2 atom stereocenters. The summed E-state index contributed by atoms with van der Waals surface area (Å²) >= 11 is 3.38. The van der Waals surface area contributed by atoms with Crippen molar-refractivity contribution in [3.05, 3.63) is 63.4 Å². The number of fused-ring (bicyclic) bond motifs is 1. The standard InChI is InChI=1S/C16H14BrFO2/c1-9-2-4-11(18)7-12(9)16-8-14(19)13-6-10(17)3-5-15(13)20-16/h2-7,14,16,19H,8H2,1H3. The zero-order valence-corrected chi connectivity index (χ0v) is 12.5. The number of hydrogen-bond acceptors (Lipinski definition) is 2. The molecule has 1 aliphatic heterocycles. The average molecular weight is 337 g/mol. The molecule has 20 heavy (non-hydrogen) atoms. The number of benzene rings is 2. The Bertz CT molecular complexity index is 657. The molecule has 2 unspecified atom stereocenters. The Morgan fingerprint density at radius 3 is 2.80 bits per heavy atom. The highest BCUT2D eigenvalue weighted by Crippen LogP contribution is 2.42. The summed E-state index contributed by atoms with van der Waals surface area (Å²) in [6, 6.07) is 10.2. The molecule has 0 aromatic heterocycles. The normalized spacial score (nSPS) is 21.2. The highest BCUT2D eigenvalue weighted by atomic mass is 79.9. The van der Waals surface area contributed by atoms with Crippen LogP contribution in [0.4, 0.5) is 4.39 Å². The molecule has 0 saturated carbocycles. The Morgan fingerprint density at radius 2 is 2.00 bits per heavy atom. The Hall–Kier alpha value is -1.39. The number of halogens is 2. The van der Waals surface area contributed by atoms with Crippen LogP contribution in [0.3, 0.4) is 0 Å². The van der Waals surface area contributed by atoms with E-state index in [9.17, 15) is 9.50 Å². The first-order chi connectivity index (χ1) is 9.54. The lowest BCUT2D eigenvalue weighted by Gasteiger charge is -2.30. The average Bonchev–Trinajstić information content (AvgIpc) is 2.42. The maximum Gasteiger partial charge on any atom is 0.127 e. The second-order valence-corrected chi connectivity index (χ2v) is 5.96. The lowest BCUT2D eigenvalue weighted by atomic mass is 9.93. The molecule has 0 bridgehead atoms. The molecule has 0 fully saturated rings. The van der Waals surface area contributed by atoms with Gasteiger partial charge in [0.05, 0.1) is 6.10 Å². The van der Waals surface area contributed by atoms with Gasteiger partial charge in [0.2, 0.25) is 0 Å². The van der Waals surface area contributed by atoms with Gasteiger partial charge in [0.25, 0.3) is 0 Å². The van der Waals surface area contributed by atoms with Gasteiger partial charge in [-0.1, -0.05) is 22.0 Å². The summed E-state index contributed by atoms with van der Waals surface area (Å²) < 4.78 is 20.3. The fraction of sp³-hybridized carbons (Fsp3) is 0.250. The van der Waals surface area contributed by atoms with Crippen molar-refractivity contribution in [2.45, 2.75) is 25.6 Å². The molecule has 4 heteroatoms. The minimum Gasteiger partial charge on any atom is -0.485 e. The van der Waals surface area contributed by atoms with Crippen molar-refractivity contribution in [2.24, 2.45) is 0 Å². The van der Waals surface area contributed by atoms with E-state index in [1.165, 1.54) is 12.1 Å². The zero-order valence-electron chi connectivity index (χ0n) is 10.9. The fourth-order valence-electron chi connectivity index (χ4n) is 2.57. The van der Waals surface area contributed by atoms with Crippen LogP contribution in [-0.2, 0) is 0 Å². The summed E-state index contributed by atoms with van der Waals surface area (Å²) in [5.41, 5.74) is 2.52. The van der Waals surface area contributed by atoms with Crippen molar-refractivity contribution >= 4 is 15.9 Å². The van der Waals surface area contributed by atoms with Crippen LogP contribution in [0.1, 0.15) is 35.3 Å². The lowest BCUT2D eigenvalue weighted by Crippen LogP contribution is -2.20. The maximum atomic E-state index is 13.4. The molecular weight excluding hydrogens is 323 g/mol. The van der Waals surface area contributed by atoms with Gasteiger partial charge in [-0.05, 0) is 48.4 Å². The molecular formula is C16H14BrFO2. The molecule has 1 N–H and O–H groups in total. The second kappa shape index (κ2) is 5.19. The fourth-order valence-corrected chi connectivity index (χ4v) is 2.95. The van der Waals surface area contributed by atoms with Crippen LogP contribution in [0.2, 0.25) is 0 Å². The third-order valence-corrected chi connectivity index (χ3v) is 4.12. The van der Waals surface area contributed by atoms with E-state index in [-0.39, 0.29) is 11.9 Å². The molecule has 0 amide bonds. The van der Waals surface area contributed by atoms with E-state index in [0.717, 1.165) is 21.2 Å². The molecule has 1 aliphatic rings. The van der Waals surface area contributed by atoms with Crippen LogP contribution in [0.15, 0.2) is 40.9 Å². The van der Waals surface area contributed by atoms with Crippen molar-refractivity contribution in [1.82, 2.24) is 0 Å². The summed E-state index contributed by atoms with van der Waals surface area (Å²) in [6.45, 7) is 1.92. The molecule has 2 nitrogen and oxygen atoms in total. The molecule has 2 aromatic carbocycles. The molecule has 1 heterocycles. The lowest BCUT2D eigenvalue weighted by molar-refractivity contribution is 0.0652. The summed E-state index contributed by atoms with van der Waals surface area (Å²) in [5, 5.41) is 10.3. The van der Waals surface area contributed by atoms with E-state index >= 15 is 0 Å². The van der Waals surface area contributed by atoms with Gasteiger partial charge < -0.3 is 9.84 Å². The smallest absolute Gasteiger partial charge is 0.127 e. The molecule has 0 aliphatic carbocycles. The Kier molecular flexibility index (Phi) is 3.52. The van der Waals surface area contributed by atoms with Crippen molar-refractivity contribution < 1.29 is 14.2 Å². The monoisotopic (exact) mass is 336 g/mol. The molecule has 3 rings (SSSR count). The number of rotatable bonds is 1. The number of hydrogen-bond donors (Lipinski definition) is 1. The van der Waals surface area contributed by atoms with Crippen LogP contribution in [-0.4, -0.2) is 5.11 Å². The number of aryl methyl sites for hydroxylation is 1. The van der Waals surface area contributed by atoms with E-state index in [0.29, 0.717) is 12.2 Å². The summed E-state index contributed by atoms with van der Waals surface area (Å²) in [7, 11) is 0. The minimum atomic E-state index is -0.607. The van der Waals surface area contributed by atoms with Crippen molar-refractivity contribution in [2.75, 3.05) is 0 Å². The van der Waals surface area contributed by atoms with Crippen molar-refractivity contribution in [3.8, 4) is 5.75 Å². The van der Waals surface area contributed by atoms with Crippen molar-refractivity contribution in [3.63, 3.8) is 0 Å². The first-order valence-corrected chi connectivity index (χ1v) is 7.24. The molecule has 0 radical (unpaired) electrons. The van der Waals surface area contributed by atoms with Crippen LogP contribution in [0, 0.1) is 12.7 Å². The third kappa shape index (κ3) is 2.45. The van der Waals surface area contributed by atoms with E-state index in [4.69, 9.17) is 4.74 Å². The summed E-state index contributed by atoms with van der Waals surface area (Å²) in [6.07, 6.45) is -0.508. The number of aliphatic hydroxyl groups is 1. The van der Waals surface area contributed by atoms with Gasteiger partial charge in [-0.2, -0.15) is 0 Å². The summed E-state index contributed by atoms with van der Waals surface area (Å²) in [5.74, 6) is 0.367. The van der Waals surface area contributed by atoms with Gasteiger partial charge in [0.1, 0.15) is 17.7 Å². The first-order valence-electron chi connectivity index (χ1n) is 6.45. The first kappa shape index (κ1) is 13.6. The highest BCUT2D eigenvalue weighted by Gasteiger charge is 2.29. The largest absolute Gasteiger partial charge is 0.485 e. The van der Waals surface area contributed by atoms with E-state index in [2.05, 4.69) is 15.9 Å². The second-order valence-electron chi connectivity index (χ2n) is 5.04. The van der Waals surface area contributed by atoms with Crippen molar-refractivity contribution in [1.29, 1.82) is 0 Å². The molecule has 2 aromatic rings. The predicted molar refractivity (Wildman–Crippen MR) is 78.2 cm³/mol. The van der Waals surface area contributed by atoms with Gasteiger partial charge in [-0.3, -0.25) is 0 Å². The number of ether oxygens (including phenoxy) is 1. The van der Waals surface area contributed by atoms with E-state index in [1.807, 2.05) is 25.1 Å². The SMILES string of the molecule is Cc1ccc(F)cc1C1CC(O)c2cc(Br)ccc2O1. The minimum absolute atomic E-state index is 0.287. The van der Waals surface area contributed by atoms with Gasteiger partial charge in [0.15, 0.2) is 0 Å². The van der Waals surface area contributed by atoms with Crippen LogP contribution in [0.5, 0.6) is 5.75 Å².